The number of quaternary nitrogens is 1. The van der Waals surface area contributed by atoms with Gasteiger partial charge in [-0.15, -0.1) is 0 Å². The second-order valence-electron chi connectivity index (χ2n) is 5.76. The Morgan fingerprint density at radius 2 is 1.77 bits per heavy atom. The van der Waals surface area contributed by atoms with Crippen molar-refractivity contribution >= 4 is 17.5 Å². The van der Waals surface area contributed by atoms with Crippen molar-refractivity contribution in [2.75, 3.05) is 44.7 Å². The van der Waals surface area contributed by atoms with Gasteiger partial charge in [0.05, 0.1) is 6.54 Å². The number of benzene rings is 1. The number of halogens is 3. The van der Waals surface area contributed by atoms with Crippen LogP contribution in [0.15, 0.2) is 18.2 Å². The van der Waals surface area contributed by atoms with Gasteiger partial charge in [0, 0.05) is 11.8 Å². The van der Waals surface area contributed by atoms with Crippen molar-refractivity contribution in [3.63, 3.8) is 0 Å². The van der Waals surface area contributed by atoms with Gasteiger partial charge in [-0.3, -0.25) is 9.59 Å². The van der Waals surface area contributed by atoms with Crippen molar-refractivity contribution in [3.8, 4) is 11.5 Å². The molecule has 0 fully saturated rings. The Morgan fingerprint density at radius 3 is 2.42 bits per heavy atom. The number of hydrogen-bond acceptors (Lipinski definition) is 4. The van der Waals surface area contributed by atoms with Crippen LogP contribution in [-0.2, 0) is 9.59 Å². The van der Waals surface area contributed by atoms with Crippen molar-refractivity contribution in [1.29, 1.82) is 0 Å². The highest BCUT2D eigenvalue weighted by Crippen LogP contribution is 2.32. The van der Waals surface area contributed by atoms with Crippen LogP contribution in [0.4, 0.5) is 18.9 Å². The van der Waals surface area contributed by atoms with E-state index in [1.54, 1.807) is 30.4 Å². The molecule has 10 heteroatoms. The molecule has 0 aliphatic carbocycles. The first kappa shape index (κ1) is 19.8. The number of carbonyl (C=O) groups excluding carboxylic acids is 2. The molecular weight excluding hydrogens is 355 g/mol. The third kappa shape index (κ3) is 6.43. The quantitative estimate of drug-likeness (QED) is 0.625. The molecule has 144 valence electrons. The number of hydrogen-bond donors (Lipinski definition) is 3. The molecule has 0 bridgehead atoms. The summed E-state index contributed by atoms with van der Waals surface area (Å²) in [6.07, 6.45) is -4.46. The number of anilines is 1. The lowest BCUT2D eigenvalue weighted by Crippen LogP contribution is -3.14. The van der Waals surface area contributed by atoms with Crippen LogP contribution in [0.1, 0.15) is 6.92 Å². The highest BCUT2D eigenvalue weighted by atomic mass is 19.4. The average Bonchev–Trinajstić information content (AvgIpc) is 2.58. The number of ether oxygens (including phenoxy) is 2. The smallest absolute Gasteiger partial charge is 0.405 e. The van der Waals surface area contributed by atoms with E-state index in [1.165, 1.54) is 0 Å². The summed E-state index contributed by atoms with van der Waals surface area (Å²) in [6, 6.07) is 4.97. The predicted octanol–water partition coefficient (Wildman–Crippen LogP) is -0.0204. The second kappa shape index (κ2) is 8.75. The topological polar surface area (TPSA) is 81.1 Å². The number of nitrogens with one attached hydrogen (secondary N) is 3. The molecule has 7 nitrogen and oxygen atoms in total. The van der Waals surface area contributed by atoms with E-state index in [1.807, 2.05) is 0 Å². The Kier molecular flexibility index (Phi) is 6.67. The van der Waals surface area contributed by atoms with E-state index in [-0.39, 0.29) is 19.0 Å². The fourth-order valence-corrected chi connectivity index (χ4v) is 2.35. The molecule has 0 spiro atoms. The molecule has 1 aromatic carbocycles. The molecule has 0 saturated heterocycles. The molecule has 1 aromatic rings. The Bertz CT molecular complexity index is 652. The molecule has 1 unspecified atom stereocenters. The standard InChI is InChI=1S/C16H20F3N3O4/c1-2-22(8-14(23)20-10-16(17,18)19)9-15(24)21-11-3-4-12-13(7-11)26-6-5-25-12/h3-4,7H,2,5-6,8-10H2,1H3,(H,20,23)(H,21,24)/p+1. The van der Waals surface area contributed by atoms with Gasteiger partial charge in [0.1, 0.15) is 19.8 Å². The lowest BCUT2D eigenvalue weighted by Gasteiger charge is -2.20. The van der Waals surface area contributed by atoms with Gasteiger partial charge in [0.15, 0.2) is 24.6 Å². The highest BCUT2D eigenvalue weighted by molar-refractivity contribution is 5.92. The van der Waals surface area contributed by atoms with Crippen LogP contribution in [0.2, 0.25) is 0 Å². The molecule has 0 aromatic heterocycles. The molecule has 26 heavy (non-hydrogen) atoms. The molecule has 1 aliphatic heterocycles. The summed E-state index contributed by atoms with van der Waals surface area (Å²) in [4.78, 5) is 24.2. The van der Waals surface area contributed by atoms with Crippen LogP contribution in [0.25, 0.3) is 0 Å². The zero-order valence-corrected chi connectivity index (χ0v) is 14.2. The van der Waals surface area contributed by atoms with Crippen LogP contribution in [0.3, 0.4) is 0 Å². The number of carbonyl (C=O) groups is 2. The summed E-state index contributed by atoms with van der Waals surface area (Å²) in [7, 11) is 0. The number of alkyl halides is 3. The molecule has 2 rings (SSSR count). The summed E-state index contributed by atoms with van der Waals surface area (Å²) >= 11 is 0. The molecule has 3 N–H and O–H groups in total. The summed E-state index contributed by atoms with van der Waals surface area (Å²) in [5.41, 5.74) is 0.510. The maximum atomic E-state index is 12.1. The van der Waals surface area contributed by atoms with E-state index < -0.39 is 18.6 Å². The Labute approximate surface area is 148 Å². The minimum Gasteiger partial charge on any atom is -0.486 e. The molecule has 0 radical (unpaired) electrons. The summed E-state index contributed by atoms with van der Waals surface area (Å²) < 4.78 is 47.1. The van der Waals surface area contributed by atoms with Gasteiger partial charge in [-0.1, -0.05) is 0 Å². The third-order valence-corrected chi connectivity index (χ3v) is 3.63. The van der Waals surface area contributed by atoms with Crippen LogP contribution in [0, 0.1) is 0 Å². The Balaban J connectivity index is 1.84. The second-order valence-corrected chi connectivity index (χ2v) is 5.76. The maximum absolute atomic E-state index is 12.1. The average molecular weight is 376 g/mol. The zero-order chi connectivity index (χ0) is 19.2. The van der Waals surface area contributed by atoms with Gasteiger partial charge in [-0.2, -0.15) is 13.2 Å². The normalized spacial score (nSPS) is 14.5. The number of fused-ring (bicyclic) bond motifs is 1. The predicted molar refractivity (Wildman–Crippen MR) is 86.4 cm³/mol. The Morgan fingerprint density at radius 1 is 1.12 bits per heavy atom. The van der Waals surface area contributed by atoms with E-state index in [4.69, 9.17) is 9.47 Å². The van der Waals surface area contributed by atoms with E-state index in [0.717, 1.165) is 0 Å². The molecule has 1 aliphatic rings. The number of rotatable bonds is 7. The van der Waals surface area contributed by atoms with E-state index in [9.17, 15) is 22.8 Å². The first-order valence-electron chi connectivity index (χ1n) is 8.13. The van der Waals surface area contributed by atoms with Gasteiger partial charge in [-0.25, -0.2) is 0 Å². The van der Waals surface area contributed by atoms with Crippen LogP contribution < -0.4 is 25.0 Å². The summed E-state index contributed by atoms with van der Waals surface area (Å²) in [5.74, 6) is 0.00474. The molecule has 1 atom stereocenters. The number of amides is 2. The highest BCUT2D eigenvalue weighted by Gasteiger charge is 2.28. The van der Waals surface area contributed by atoms with Gasteiger partial charge in [0.25, 0.3) is 11.8 Å². The van der Waals surface area contributed by atoms with E-state index >= 15 is 0 Å². The minimum atomic E-state index is -4.46. The van der Waals surface area contributed by atoms with Crippen molar-refractivity contribution in [3.05, 3.63) is 18.2 Å². The lowest BCUT2D eigenvalue weighted by atomic mass is 10.2. The maximum Gasteiger partial charge on any atom is 0.405 e. The first-order valence-corrected chi connectivity index (χ1v) is 8.13. The lowest BCUT2D eigenvalue weighted by molar-refractivity contribution is -0.881. The van der Waals surface area contributed by atoms with Gasteiger partial charge in [0.2, 0.25) is 0 Å². The van der Waals surface area contributed by atoms with E-state index in [2.05, 4.69) is 5.32 Å². The van der Waals surface area contributed by atoms with Crippen molar-refractivity contribution < 1.29 is 37.1 Å². The summed E-state index contributed by atoms with van der Waals surface area (Å²) in [6.45, 7) is 1.38. The van der Waals surface area contributed by atoms with Crippen molar-refractivity contribution in [2.24, 2.45) is 0 Å². The third-order valence-electron chi connectivity index (χ3n) is 3.63. The monoisotopic (exact) mass is 376 g/mol. The van der Waals surface area contributed by atoms with E-state index in [0.29, 0.717) is 41.8 Å². The van der Waals surface area contributed by atoms with Gasteiger partial charge >= 0.3 is 6.18 Å². The van der Waals surface area contributed by atoms with Crippen molar-refractivity contribution in [1.82, 2.24) is 5.32 Å². The van der Waals surface area contributed by atoms with Gasteiger partial charge in [-0.05, 0) is 19.1 Å². The summed E-state index contributed by atoms with van der Waals surface area (Å²) in [5, 5.41) is 4.48. The fraction of sp³-hybridized carbons (Fsp3) is 0.500. The van der Waals surface area contributed by atoms with Crippen LogP contribution in [0.5, 0.6) is 11.5 Å². The SMILES string of the molecule is CC[NH+](CC(=O)NCC(F)(F)F)CC(=O)Nc1ccc2c(c1)OCCO2. The zero-order valence-electron chi connectivity index (χ0n) is 14.2. The van der Waals surface area contributed by atoms with Crippen molar-refractivity contribution in [2.45, 2.75) is 13.1 Å². The largest absolute Gasteiger partial charge is 0.486 e. The Hall–Kier alpha value is -2.49. The number of likely N-dealkylation sites (N-methyl/N-ethyl adjacent to an activating group) is 1. The van der Waals surface area contributed by atoms with Gasteiger partial charge < -0.3 is 25.0 Å². The minimum absolute atomic E-state index is 0.0512. The fourth-order valence-electron chi connectivity index (χ4n) is 2.35. The molecule has 2 amide bonds. The van der Waals surface area contributed by atoms with Crippen LogP contribution in [-0.4, -0.2) is 57.4 Å². The molecule has 0 saturated carbocycles. The molecule has 1 heterocycles. The van der Waals surface area contributed by atoms with Crippen LogP contribution >= 0.6 is 0 Å². The molecular formula is C16H21F3N3O4+. The first-order chi connectivity index (χ1) is 12.3.